The summed E-state index contributed by atoms with van der Waals surface area (Å²) in [6.07, 6.45) is 2.65. The van der Waals surface area contributed by atoms with Gasteiger partial charge in [0.05, 0.1) is 0 Å². The molecule has 0 atom stereocenters. The lowest BCUT2D eigenvalue weighted by Crippen LogP contribution is -2.25. The van der Waals surface area contributed by atoms with Crippen molar-refractivity contribution in [1.82, 2.24) is 5.32 Å². The molecule has 1 aromatic heterocycles. The molecular weight excluding hydrogens is 334 g/mol. The van der Waals surface area contributed by atoms with Crippen molar-refractivity contribution in [3.05, 3.63) is 46.2 Å². The first kappa shape index (κ1) is 17.4. The highest BCUT2D eigenvalue weighted by molar-refractivity contribution is 7.98. The van der Waals surface area contributed by atoms with Gasteiger partial charge in [-0.1, -0.05) is 12.1 Å². The minimum absolute atomic E-state index is 0.0502. The number of thioether (sulfide) groups is 1. The molecule has 0 unspecified atom stereocenters. The summed E-state index contributed by atoms with van der Waals surface area (Å²) in [7, 11) is 0. The summed E-state index contributed by atoms with van der Waals surface area (Å²) >= 11 is 3.00. The van der Waals surface area contributed by atoms with E-state index in [2.05, 4.69) is 5.32 Å². The molecule has 0 aliphatic rings. The van der Waals surface area contributed by atoms with Crippen LogP contribution in [0.15, 0.2) is 40.6 Å². The summed E-state index contributed by atoms with van der Waals surface area (Å²) in [5, 5.41) is 13.4. The van der Waals surface area contributed by atoms with Crippen LogP contribution in [0.4, 0.5) is 0 Å². The van der Waals surface area contributed by atoms with E-state index in [0.717, 1.165) is 15.3 Å². The molecule has 0 bridgehead atoms. The Morgan fingerprint density at radius 2 is 2.00 bits per heavy atom. The first-order chi connectivity index (χ1) is 11.1. The normalized spacial score (nSPS) is 10.3. The predicted molar refractivity (Wildman–Crippen MR) is 91.7 cm³/mol. The monoisotopic (exact) mass is 351 g/mol. The van der Waals surface area contributed by atoms with E-state index in [4.69, 9.17) is 9.84 Å². The van der Waals surface area contributed by atoms with Gasteiger partial charge in [0.15, 0.2) is 6.61 Å². The number of benzene rings is 1. The van der Waals surface area contributed by atoms with Crippen LogP contribution in [0.1, 0.15) is 15.2 Å². The third kappa shape index (κ3) is 5.30. The van der Waals surface area contributed by atoms with Gasteiger partial charge in [-0.2, -0.15) is 0 Å². The van der Waals surface area contributed by atoms with E-state index < -0.39 is 5.97 Å². The van der Waals surface area contributed by atoms with E-state index in [1.807, 2.05) is 29.8 Å². The fourth-order valence-corrected chi connectivity index (χ4v) is 3.59. The van der Waals surface area contributed by atoms with Crippen LogP contribution < -0.4 is 10.1 Å². The highest BCUT2D eigenvalue weighted by Crippen LogP contribution is 2.25. The Labute approximate surface area is 142 Å². The van der Waals surface area contributed by atoms with Crippen molar-refractivity contribution in [2.45, 2.75) is 11.3 Å². The molecule has 0 spiro atoms. The maximum absolute atomic E-state index is 12.1. The molecule has 1 aromatic carbocycles. The molecule has 0 radical (unpaired) electrons. The first-order valence-corrected chi connectivity index (χ1v) is 9.04. The van der Waals surface area contributed by atoms with Crippen LogP contribution in [0.5, 0.6) is 5.75 Å². The van der Waals surface area contributed by atoms with Gasteiger partial charge in [-0.3, -0.25) is 4.79 Å². The van der Waals surface area contributed by atoms with Crippen molar-refractivity contribution in [1.29, 1.82) is 0 Å². The number of hydrogen-bond donors (Lipinski definition) is 2. The second-order valence-corrected chi connectivity index (χ2v) is 6.41. The number of carbonyl (C=O) groups excluding carboxylic acids is 1. The average molecular weight is 351 g/mol. The molecule has 5 nitrogen and oxygen atoms in total. The van der Waals surface area contributed by atoms with E-state index >= 15 is 0 Å². The van der Waals surface area contributed by atoms with Gasteiger partial charge in [0.1, 0.15) is 10.6 Å². The van der Waals surface area contributed by atoms with E-state index in [1.165, 1.54) is 11.3 Å². The predicted octanol–water partition coefficient (Wildman–Crippen LogP) is 2.91. The summed E-state index contributed by atoms with van der Waals surface area (Å²) in [5.74, 6) is -0.538. The van der Waals surface area contributed by atoms with Crippen LogP contribution in [0.3, 0.4) is 0 Å². The van der Waals surface area contributed by atoms with E-state index in [1.54, 1.807) is 23.9 Å². The number of hydrogen-bond acceptors (Lipinski definition) is 5. The fourth-order valence-electron chi connectivity index (χ4n) is 1.92. The second-order valence-electron chi connectivity index (χ2n) is 4.65. The summed E-state index contributed by atoms with van der Waals surface area (Å²) in [4.78, 5) is 24.2. The quantitative estimate of drug-likeness (QED) is 0.715. The van der Waals surface area contributed by atoms with Crippen LogP contribution in [0, 0.1) is 0 Å². The number of amides is 1. The van der Waals surface area contributed by atoms with Gasteiger partial charge in [0.2, 0.25) is 0 Å². The lowest BCUT2D eigenvalue weighted by molar-refractivity contribution is -0.139. The minimum Gasteiger partial charge on any atom is -0.482 e. The Morgan fingerprint density at radius 3 is 2.65 bits per heavy atom. The largest absolute Gasteiger partial charge is 0.482 e. The van der Waals surface area contributed by atoms with Gasteiger partial charge in [-0.25, -0.2) is 4.79 Å². The van der Waals surface area contributed by atoms with E-state index in [0.29, 0.717) is 18.7 Å². The summed E-state index contributed by atoms with van der Waals surface area (Å²) in [5.41, 5.74) is 1.05. The molecule has 0 saturated carbocycles. The third-order valence-corrected chi connectivity index (χ3v) is 4.86. The Bertz CT molecular complexity index is 667. The topological polar surface area (TPSA) is 75.6 Å². The molecule has 1 heterocycles. The van der Waals surface area contributed by atoms with Crippen LogP contribution in [0.25, 0.3) is 0 Å². The van der Waals surface area contributed by atoms with Gasteiger partial charge in [0.25, 0.3) is 5.91 Å². The number of nitrogens with one attached hydrogen (secondary N) is 1. The molecule has 1 amide bonds. The summed E-state index contributed by atoms with van der Waals surface area (Å²) < 4.78 is 5.07. The molecule has 0 aliphatic carbocycles. The van der Waals surface area contributed by atoms with E-state index in [9.17, 15) is 9.59 Å². The highest BCUT2D eigenvalue weighted by Gasteiger charge is 2.11. The van der Waals surface area contributed by atoms with Crippen LogP contribution in [-0.2, 0) is 11.2 Å². The molecule has 2 rings (SSSR count). The maximum atomic E-state index is 12.1. The maximum Gasteiger partial charge on any atom is 0.341 e. The molecule has 122 valence electrons. The van der Waals surface area contributed by atoms with Gasteiger partial charge >= 0.3 is 5.97 Å². The van der Waals surface area contributed by atoms with E-state index in [-0.39, 0.29) is 12.5 Å². The minimum atomic E-state index is -1.00. The SMILES string of the molecule is CSc1ccsc1C(=O)NCCc1ccc(OCC(=O)O)cc1. The van der Waals surface area contributed by atoms with Crippen LogP contribution in [0.2, 0.25) is 0 Å². The summed E-state index contributed by atoms with van der Waals surface area (Å²) in [6, 6.07) is 9.13. The Balaban J connectivity index is 1.80. The molecular formula is C16H17NO4S2. The van der Waals surface area contributed by atoms with Gasteiger partial charge in [-0.05, 0) is 41.8 Å². The standard InChI is InChI=1S/C16H17NO4S2/c1-22-13-7-9-23-15(13)16(20)17-8-6-11-2-4-12(5-3-11)21-10-14(18)19/h2-5,7,9H,6,8,10H2,1H3,(H,17,20)(H,18,19). The zero-order valence-electron chi connectivity index (χ0n) is 12.6. The molecule has 7 heteroatoms. The van der Waals surface area contributed by atoms with Crippen LogP contribution >= 0.6 is 23.1 Å². The Kier molecular flexibility index (Phi) is 6.49. The zero-order valence-corrected chi connectivity index (χ0v) is 14.2. The molecule has 0 fully saturated rings. The van der Waals surface area contributed by atoms with Gasteiger partial charge < -0.3 is 15.2 Å². The second kappa shape index (κ2) is 8.59. The Hall–Kier alpha value is -1.99. The van der Waals surface area contributed by atoms with Crippen LogP contribution in [-0.4, -0.2) is 36.4 Å². The third-order valence-electron chi connectivity index (χ3n) is 3.04. The number of ether oxygens (including phenoxy) is 1. The smallest absolute Gasteiger partial charge is 0.341 e. The number of carbonyl (C=O) groups is 2. The highest BCUT2D eigenvalue weighted by atomic mass is 32.2. The number of rotatable bonds is 8. The van der Waals surface area contributed by atoms with Gasteiger partial charge in [0, 0.05) is 11.4 Å². The van der Waals surface area contributed by atoms with Crippen molar-refractivity contribution < 1.29 is 19.4 Å². The molecule has 0 saturated heterocycles. The number of carboxylic acid groups (broad SMARTS) is 1. The Morgan fingerprint density at radius 1 is 1.26 bits per heavy atom. The lowest BCUT2D eigenvalue weighted by Gasteiger charge is -2.07. The molecule has 2 N–H and O–H groups in total. The molecule has 0 aliphatic heterocycles. The number of thiophene rings is 1. The number of aliphatic carboxylic acids is 1. The molecule has 2 aromatic rings. The van der Waals surface area contributed by atoms with Crippen molar-refractivity contribution >= 4 is 35.0 Å². The van der Waals surface area contributed by atoms with Crippen molar-refractivity contribution in [2.75, 3.05) is 19.4 Å². The number of carboxylic acids is 1. The molecule has 23 heavy (non-hydrogen) atoms. The zero-order chi connectivity index (χ0) is 16.7. The first-order valence-electron chi connectivity index (χ1n) is 6.93. The average Bonchev–Trinajstić information content (AvgIpc) is 3.02. The fraction of sp³-hybridized carbons (Fsp3) is 0.250. The van der Waals surface area contributed by atoms with Crippen molar-refractivity contribution in [3.63, 3.8) is 0 Å². The lowest BCUT2D eigenvalue weighted by atomic mass is 10.1. The van der Waals surface area contributed by atoms with Gasteiger partial charge in [-0.15, -0.1) is 23.1 Å². The summed E-state index contributed by atoms with van der Waals surface area (Å²) in [6.45, 7) is 0.188. The van der Waals surface area contributed by atoms with Crippen molar-refractivity contribution in [3.8, 4) is 5.75 Å². The van der Waals surface area contributed by atoms with Crippen molar-refractivity contribution in [2.24, 2.45) is 0 Å².